The summed E-state index contributed by atoms with van der Waals surface area (Å²) in [5, 5.41) is 0.412. The highest BCUT2D eigenvalue weighted by Gasteiger charge is 2.28. The average molecular weight is 369 g/mol. The molecule has 3 heterocycles. The minimum absolute atomic E-state index is 0.00547. The predicted octanol–water partition coefficient (Wildman–Crippen LogP) is 4.18. The van der Waals surface area contributed by atoms with Crippen molar-refractivity contribution >= 4 is 21.9 Å². The summed E-state index contributed by atoms with van der Waals surface area (Å²) >= 11 is 0. The van der Waals surface area contributed by atoms with Crippen molar-refractivity contribution in [2.75, 3.05) is 0 Å². The lowest BCUT2D eigenvalue weighted by molar-refractivity contribution is 0.241. The third-order valence-electron chi connectivity index (χ3n) is 4.73. The van der Waals surface area contributed by atoms with Gasteiger partial charge in [0.05, 0.1) is 10.9 Å². The topological polar surface area (TPSA) is 69.7 Å². The van der Waals surface area contributed by atoms with E-state index >= 15 is 0 Å². The fourth-order valence-electron chi connectivity index (χ4n) is 3.50. The van der Waals surface area contributed by atoms with Crippen molar-refractivity contribution in [3.05, 3.63) is 61.6 Å². The molecule has 0 spiro atoms. The number of aryl methyl sites for hydroxylation is 2. The molecule has 0 N–H and O–H groups in total. The Bertz CT molecular complexity index is 1220. The summed E-state index contributed by atoms with van der Waals surface area (Å²) in [6, 6.07) is 1.32. The van der Waals surface area contributed by atoms with Gasteiger partial charge in [-0.3, -0.25) is 4.79 Å². The molecule has 0 saturated heterocycles. The van der Waals surface area contributed by atoms with Gasteiger partial charge in [0.25, 0.3) is 0 Å². The maximum atomic E-state index is 14.6. The van der Waals surface area contributed by atoms with Crippen molar-refractivity contribution in [1.29, 1.82) is 0 Å². The molecule has 1 unspecified atom stereocenters. The zero-order valence-corrected chi connectivity index (χ0v) is 15.3. The third-order valence-corrected chi connectivity index (χ3v) is 4.73. The quantitative estimate of drug-likeness (QED) is 0.512. The van der Waals surface area contributed by atoms with Crippen molar-refractivity contribution in [3.8, 4) is 5.75 Å². The van der Waals surface area contributed by atoms with Crippen LogP contribution >= 0.6 is 0 Å². The van der Waals surface area contributed by atoms with Gasteiger partial charge in [0.2, 0.25) is 5.82 Å². The molecular weight excluding hydrogens is 351 g/mol. The molecule has 1 aliphatic rings. The molecule has 0 fully saturated rings. The zero-order valence-electron chi connectivity index (χ0n) is 15.3. The standard InChI is InChI=1S/C21H18FO5/c1-4-6-12-15-18-13(8-7-11(5-2)26-18)19-16(14(23)9-10(3)25-19)20(15)27-21(24)17(12)22/h7,9,11H,4-6H2,1-3H3. The molecule has 0 bridgehead atoms. The highest BCUT2D eigenvalue weighted by molar-refractivity contribution is 6.08. The fraction of sp³-hybridized carbons (Fsp3) is 0.333. The molecule has 27 heavy (non-hydrogen) atoms. The van der Waals surface area contributed by atoms with Crippen LogP contribution in [0.15, 0.2) is 30.6 Å². The number of hydrogen-bond donors (Lipinski definition) is 0. The Labute approximate surface area is 154 Å². The second-order valence-corrected chi connectivity index (χ2v) is 6.64. The van der Waals surface area contributed by atoms with Crippen molar-refractivity contribution in [2.24, 2.45) is 0 Å². The van der Waals surface area contributed by atoms with Gasteiger partial charge in [-0.2, -0.15) is 4.39 Å². The molecule has 1 radical (unpaired) electrons. The van der Waals surface area contributed by atoms with Crippen molar-refractivity contribution in [3.63, 3.8) is 0 Å². The fourth-order valence-corrected chi connectivity index (χ4v) is 3.50. The maximum absolute atomic E-state index is 14.6. The van der Waals surface area contributed by atoms with Gasteiger partial charge < -0.3 is 13.6 Å². The number of halogens is 1. The molecule has 2 aromatic heterocycles. The maximum Gasteiger partial charge on any atom is 0.372 e. The van der Waals surface area contributed by atoms with E-state index in [9.17, 15) is 14.0 Å². The smallest absolute Gasteiger partial charge is 0.372 e. The van der Waals surface area contributed by atoms with E-state index in [2.05, 4.69) is 6.08 Å². The van der Waals surface area contributed by atoms with Gasteiger partial charge in [-0.25, -0.2) is 4.79 Å². The first-order valence-corrected chi connectivity index (χ1v) is 8.98. The SMILES string of the molecule is CCCc1c(F)c(=O)oc2c1c1c(c3oc(C)cc(=O)c32)[C]=CC(CC)O1. The van der Waals surface area contributed by atoms with Gasteiger partial charge in [0, 0.05) is 11.6 Å². The summed E-state index contributed by atoms with van der Waals surface area (Å²) in [6.07, 6.45) is 6.25. The van der Waals surface area contributed by atoms with Crippen molar-refractivity contribution in [1.82, 2.24) is 0 Å². The summed E-state index contributed by atoms with van der Waals surface area (Å²) in [5.41, 5.74) is -0.599. The predicted molar refractivity (Wildman–Crippen MR) is 98.8 cm³/mol. The first-order valence-electron chi connectivity index (χ1n) is 8.98. The Kier molecular flexibility index (Phi) is 4.13. The summed E-state index contributed by atoms with van der Waals surface area (Å²) in [4.78, 5) is 24.8. The molecule has 5 nitrogen and oxygen atoms in total. The lowest BCUT2D eigenvalue weighted by Gasteiger charge is -2.23. The van der Waals surface area contributed by atoms with Gasteiger partial charge in [-0.1, -0.05) is 20.3 Å². The van der Waals surface area contributed by atoms with Gasteiger partial charge in [-0.15, -0.1) is 0 Å². The molecule has 1 atom stereocenters. The molecule has 3 aromatic rings. The van der Waals surface area contributed by atoms with E-state index < -0.39 is 11.4 Å². The van der Waals surface area contributed by atoms with E-state index in [-0.39, 0.29) is 33.6 Å². The van der Waals surface area contributed by atoms with E-state index in [1.54, 1.807) is 13.0 Å². The number of fused-ring (bicyclic) bond motifs is 6. The van der Waals surface area contributed by atoms with Crippen LogP contribution in [0.5, 0.6) is 5.75 Å². The first kappa shape index (κ1) is 17.5. The summed E-state index contributed by atoms with van der Waals surface area (Å²) in [6.45, 7) is 5.49. The van der Waals surface area contributed by atoms with Crippen molar-refractivity contribution in [2.45, 2.75) is 46.1 Å². The Balaban J connectivity index is 2.31. The second kappa shape index (κ2) is 6.37. The van der Waals surface area contributed by atoms with Crippen LogP contribution in [0.4, 0.5) is 4.39 Å². The molecule has 0 aliphatic carbocycles. The van der Waals surface area contributed by atoms with Crippen LogP contribution in [-0.4, -0.2) is 6.10 Å². The van der Waals surface area contributed by atoms with Crippen LogP contribution in [0.25, 0.3) is 21.9 Å². The largest absolute Gasteiger partial charge is 0.485 e. The monoisotopic (exact) mass is 369 g/mol. The van der Waals surface area contributed by atoms with E-state index in [0.29, 0.717) is 41.7 Å². The number of hydrogen-bond acceptors (Lipinski definition) is 5. The van der Waals surface area contributed by atoms with E-state index in [1.807, 2.05) is 13.8 Å². The minimum atomic E-state index is -1.10. The molecular formula is C21H18FO5. The Hall–Kier alpha value is -2.89. The normalized spacial score (nSPS) is 15.9. The van der Waals surface area contributed by atoms with Gasteiger partial charge >= 0.3 is 5.63 Å². The van der Waals surface area contributed by atoms with Crippen LogP contribution in [0, 0.1) is 18.8 Å². The molecule has 139 valence electrons. The third kappa shape index (κ3) is 2.59. The summed E-state index contributed by atoms with van der Waals surface area (Å²) < 4.78 is 31.7. The zero-order chi connectivity index (χ0) is 19.3. The molecule has 0 saturated carbocycles. The van der Waals surface area contributed by atoms with Gasteiger partial charge in [0.1, 0.15) is 23.0 Å². The Morgan fingerprint density at radius 1 is 1.15 bits per heavy atom. The Morgan fingerprint density at radius 3 is 2.63 bits per heavy atom. The van der Waals surface area contributed by atoms with Crippen LogP contribution < -0.4 is 15.8 Å². The van der Waals surface area contributed by atoms with Crippen molar-refractivity contribution < 1.29 is 18.0 Å². The van der Waals surface area contributed by atoms with Crippen LogP contribution in [0.3, 0.4) is 0 Å². The molecule has 1 aromatic carbocycles. The van der Waals surface area contributed by atoms with E-state index in [4.69, 9.17) is 13.6 Å². The number of benzene rings is 1. The number of ether oxygens (including phenoxy) is 1. The van der Waals surface area contributed by atoms with Gasteiger partial charge in [-0.05, 0) is 31.9 Å². The molecule has 1 aliphatic heterocycles. The molecule has 6 heteroatoms. The summed E-state index contributed by atoms with van der Waals surface area (Å²) in [5.74, 6) is -0.202. The van der Waals surface area contributed by atoms with E-state index in [0.717, 1.165) is 0 Å². The van der Waals surface area contributed by atoms with Crippen LogP contribution in [-0.2, 0) is 6.42 Å². The second-order valence-electron chi connectivity index (χ2n) is 6.64. The Morgan fingerprint density at radius 2 is 1.93 bits per heavy atom. The molecule has 4 rings (SSSR count). The minimum Gasteiger partial charge on any atom is -0.485 e. The molecule has 0 amide bonds. The van der Waals surface area contributed by atoms with E-state index in [1.165, 1.54) is 6.07 Å². The highest BCUT2D eigenvalue weighted by Crippen LogP contribution is 2.42. The number of rotatable bonds is 3. The lowest BCUT2D eigenvalue weighted by Crippen LogP contribution is -2.19. The average Bonchev–Trinajstić information content (AvgIpc) is 2.64. The van der Waals surface area contributed by atoms with Crippen LogP contribution in [0.1, 0.15) is 43.6 Å². The lowest BCUT2D eigenvalue weighted by atomic mass is 9.96. The first-order chi connectivity index (χ1) is 13.0. The van der Waals surface area contributed by atoms with Crippen LogP contribution in [0.2, 0.25) is 0 Å². The highest BCUT2D eigenvalue weighted by atomic mass is 19.1. The summed E-state index contributed by atoms with van der Waals surface area (Å²) in [7, 11) is 0. The van der Waals surface area contributed by atoms with Gasteiger partial charge in [0.15, 0.2) is 16.6 Å².